The first-order chi connectivity index (χ1) is 49.6. The van der Waals surface area contributed by atoms with Crippen LogP contribution in [-0.4, -0.2) is 87.4 Å². The van der Waals surface area contributed by atoms with Crippen LogP contribution in [0.15, 0.2) is 109 Å². The Hall–Kier alpha value is -4.05. The van der Waals surface area contributed by atoms with Crippen LogP contribution in [0.25, 0.3) is 0 Å². The second-order valence-electron chi connectivity index (χ2n) is 30.1. The van der Waals surface area contributed by atoms with Gasteiger partial charge in [-0.3, -0.25) is 9.59 Å². The number of unbranched alkanes of at least 4 members (excludes halogenated alkanes) is 47. The predicted molar refractivity (Wildman–Crippen MR) is 438 cm³/mol. The highest BCUT2D eigenvalue weighted by Gasteiger charge is 2.25. The lowest BCUT2D eigenvalue weighted by Crippen LogP contribution is -2.40. The van der Waals surface area contributed by atoms with Gasteiger partial charge in [0.1, 0.15) is 13.2 Å². The molecule has 0 aromatic heterocycles. The molecule has 0 aliphatic carbocycles. The largest absolute Gasteiger partial charge is 0.477 e. The van der Waals surface area contributed by atoms with Gasteiger partial charge in [-0.2, -0.15) is 0 Å². The van der Waals surface area contributed by atoms with Crippen molar-refractivity contribution in [1.82, 2.24) is 0 Å². The van der Waals surface area contributed by atoms with Gasteiger partial charge in [0.15, 0.2) is 6.10 Å². The first-order valence-electron chi connectivity index (χ1n) is 43.1. The fourth-order valence-corrected chi connectivity index (χ4v) is 12.5. The lowest BCUT2D eigenvalue weighted by Gasteiger charge is -2.25. The minimum atomic E-state index is -1.51. The van der Waals surface area contributed by atoms with E-state index in [4.69, 9.17) is 18.9 Å². The summed E-state index contributed by atoms with van der Waals surface area (Å²) in [4.78, 5) is 37.8. The van der Waals surface area contributed by atoms with E-state index in [0.29, 0.717) is 17.4 Å². The fraction of sp³-hybridized carbons (Fsp3) is 0.772. The number of hydrogen-bond donors (Lipinski definition) is 1. The van der Waals surface area contributed by atoms with E-state index >= 15 is 0 Å². The Morgan fingerprint density at radius 3 is 0.851 bits per heavy atom. The maximum atomic E-state index is 13.0. The third-order valence-electron chi connectivity index (χ3n) is 19.0. The zero-order valence-electron chi connectivity index (χ0n) is 67.1. The van der Waals surface area contributed by atoms with Crippen molar-refractivity contribution in [3.05, 3.63) is 109 Å². The number of carboxylic acids is 1. The van der Waals surface area contributed by atoms with Crippen LogP contribution in [-0.2, 0) is 33.3 Å². The summed E-state index contributed by atoms with van der Waals surface area (Å²) in [5, 5.41) is 9.79. The van der Waals surface area contributed by atoms with Crippen molar-refractivity contribution in [2.24, 2.45) is 0 Å². The Balaban J connectivity index is 3.98. The Bertz CT molecular complexity index is 2040. The van der Waals surface area contributed by atoms with E-state index in [0.717, 1.165) is 89.9 Å². The number of carboxylic acid groups (broad SMARTS) is 1. The number of quaternary nitrogens is 1. The van der Waals surface area contributed by atoms with Gasteiger partial charge in [0, 0.05) is 12.8 Å². The lowest BCUT2D eigenvalue weighted by atomic mass is 10.0. The standard InChI is InChI=1S/C92H163NO8/c1-6-8-10-12-14-16-18-20-22-24-26-28-30-32-34-36-38-40-42-44-45-47-49-51-53-55-57-59-61-63-65-67-69-71-73-75-77-79-81-83-90(95)101-88(87-100-92(91(96)97)98-85-84-93(3,4)5)86-99-89(94)82-80-78-76-74-72-70-68-66-64-62-60-58-56-54-52-50-48-46-43-41-39-37-35-33-31-29-27-25-23-21-19-17-15-13-11-9-7-2/h8,10,14,16,20,22,25-28,32,34,38,40,44-45,49,51,88,92H,6-7,9,11-13,15,17-19,21,23-24,29-31,33,35-37,39,41-43,46-48,50,52-87H2,1-5H3/p+1/b10-8-,16-14-,22-20-,27-25-,28-26-,34-32-,40-38-,45-44-,51-49-. The number of carbonyl (C=O) groups excluding carboxylic acids is 2. The molecule has 0 saturated carbocycles. The van der Waals surface area contributed by atoms with Crippen LogP contribution in [0.4, 0.5) is 0 Å². The molecule has 0 aromatic rings. The average molecular weight is 1410 g/mol. The highest BCUT2D eigenvalue weighted by molar-refractivity contribution is 5.71. The van der Waals surface area contributed by atoms with E-state index in [1.54, 1.807) is 0 Å². The Morgan fingerprint density at radius 1 is 0.307 bits per heavy atom. The maximum Gasteiger partial charge on any atom is 0.361 e. The molecule has 2 atom stereocenters. The highest BCUT2D eigenvalue weighted by atomic mass is 16.7. The van der Waals surface area contributed by atoms with E-state index in [9.17, 15) is 19.5 Å². The van der Waals surface area contributed by atoms with Crippen molar-refractivity contribution in [1.29, 1.82) is 0 Å². The van der Waals surface area contributed by atoms with Gasteiger partial charge in [0.25, 0.3) is 6.29 Å². The van der Waals surface area contributed by atoms with Gasteiger partial charge >= 0.3 is 17.9 Å². The first-order valence-corrected chi connectivity index (χ1v) is 43.1. The molecule has 9 heteroatoms. The van der Waals surface area contributed by atoms with Crippen LogP contribution >= 0.6 is 0 Å². The number of likely N-dealkylation sites (N-methyl/N-ethyl adjacent to an activating group) is 1. The Labute approximate surface area is 625 Å². The van der Waals surface area contributed by atoms with E-state index in [1.165, 1.54) is 283 Å². The molecule has 9 nitrogen and oxygen atoms in total. The van der Waals surface area contributed by atoms with Gasteiger partial charge in [-0.15, -0.1) is 0 Å². The van der Waals surface area contributed by atoms with E-state index in [2.05, 4.69) is 123 Å². The molecule has 0 bridgehead atoms. The van der Waals surface area contributed by atoms with Crippen LogP contribution in [0.3, 0.4) is 0 Å². The van der Waals surface area contributed by atoms with Crippen LogP contribution in [0, 0.1) is 0 Å². The molecule has 0 amide bonds. The molecule has 0 rings (SSSR count). The first kappa shape index (κ1) is 97.0. The van der Waals surface area contributed by atoms with Gasteiger partial charge in [-0.1, -0.05) is 393 Å². The molecule has 0 aliphatic rings. The monoisotopic (exact) mass is 1410 g/mol. The van der Waals surface area contributed by atoms with Crippen LogP contribution in [0.5, 0.6) is 0 Å². The molecule has 2 unspecified atom stereocenters. The molecular formula is C92H164NO8+. The molecule has 101 heavy (non-hydrogen) atoms. The van der Waals surface area contributed by atoms with Crippen molar-refractivity contribution in [3.8, 4) is 0 Å². The summed E-state index contributed by atoms with van der Waals surface area (Å²) >= 11 is 0. The zero-order chi connectivity index (χ0) is 73.2. The number of rotatable bonds is 80. The number of nitrogens with zero attached hydrogens (tertiary/aromatic N) is 1. The fourth-order valence-electron chi connectivity index (χ4n) is 12.5. The van der Waals surface area contributed by atoms with E-state index in [-0.39, 0.29) is 32.2 Å². The zero-order valence-corrected chi connectivity index (χ0v) is 67.1. The van der Waals surface area contributed by atoms with Gasteiger partial charge in [0.2, 0.25) is 0 Å². The molecule has 0 radical (unpaired) electrons. The van der Waals surface area contributed by atoms with E-state index in [1.807, 2.05) is 21.1 Å². The number of allylic oxidation sites excluding steroid dienone is 18. The molecule has 584 valence electrons. The van der Waals surface area contributed by atoms with E-state index < -0.39 is 24.3 Å². The highest BCUT2D eigenvalue weighted by Crippen LogP contribution is 2.20. The van der Waals surface area contributed by atoms with Crippen molar-refractivity contribution < 1.29 is 42.9 Å². The Kier molecular flexibility index (Phi) is 78.3. The smallest absolute Gasteiger partial charge is 0.361 e. The Morgan fingerprint density at radius 2 is 0.564 bits per heavy atom. The van der Waals surface area contributed by atoms with Gasteiger partial charge < -0.3 is 28.5 Å². The number of esters is 2. The summed E-state index contributed by atoms with van der Waals surface area (Å²) in [5.74, 6) is -1.99. The predicted octanol–water partition coefficient (Wildman–Crippen LogP) is 28.0. The number of aliphatic carboxylic acids is 1. The molecule has 0 heterocycles. The number of ether oxygens (including phenoxy) is 4. The normalized spacial score (nSPS) is 13.2. The quantitative estimate of drug-likeness (QED) is 0.0211. The van der Waals surface area contributed by atoms with Gasteiger partial charge in [0.05, 0.1) is 34.4 Å². The minimum absolute atomic E-state index is 0.181. The average Bonchev–Trinajstić information content (AvgIpc) is 1.21. The summed E-state index contributed by atoms with van der Waals surface area (Å²) in [6.45, 7) is 4.81. The summed E-state index contributed by atoms with van der Waals surface area (Å²) in [6.07, 6.45) is 113. The second-order valence-corrected chi connectivity index (χ2v) is 30.1. The summed E-state index contributed by atoms with van der Waals surface area (Å²) in [7, 11) is 5.99. The molecule has 1 N–H and O–H groups in total. The van der Waals surface area contributed by atoms with Crippen molar-refractivity contribution >= 4 is 17.9 Å². The van der Waals surface area contributed by atoms with Gasteiger partial charge in [-0.25, -0.2) is 4.79 Å². The molecule has 0 saturated heterocycles. The van der Waals surface area contributed by atoms with Crippen LogP contribution < -0.4 is 0 Å². The SMILES string of the molecule is CC/C=C\C/C=C\C/C=C\C/C=C\C/C=C\C/C=C\C/C=C\C/C=C\CCCCCCCCCCCCCCCCC(=O)OC(COC(=O)CCCCCCCCCCCCCCCCCCCCCCCCCCC/C=C\CCCCCCCCCC)COC(OCC[N+](C)(C)C)C(=O)O. The van der Waals surface area contributed by atoms with Crippen LogP contribution in [0.2, 0.25) is 0 Å². The third kappa shape index (κ3) is 83.1. The number of carbonyl (C=O) groups is 3. The minimum Gasteiger partial charge on any atom is -0.477 e. The van der Waals surface area contributed by atoms with Crippen molar-refractivity contribution in [2.45, 2.75) is 411 Å². The van der Waals surface area contributed by atoms with Gasteiger partial charge in [-0.05, 0) is 103 Å². The van der Waals surface area contributed by atoms with Crippen LogP contribution in [0.1, 0.15) is 399 Å². The molecule has 0 spiro atoms. The summed E-state index contributed by atoms with van der Waals surface area (Å²) in [5.41, 5.74) is 0. The molecule has 0 aromatic carbocycles. The third-order valence-corrected chi connectivity index (χ3v) is 19.0. The maximum absolute atomic E-state index is 13.0. The lowest BCUT2D eigenvalue weighted by molar-refractivity contribution is -0.870. The number of hydrogen-bond acceptors (Lipinski definition) is 7. The second kappa shape index (κ2) is 81.6. The summed E-state index contributed by atoms with van der Waals surface area (Å²) in [6, 6.07) is 0. The topological polar surface area (TPSA) is 108 Å². The molecular weight excluding hydrogens is 1250 g/mol. The van der Waals surface area contributed by atoms with Crippen molar-refractivity contribution in [3.63, 3.8) is 0 Å². The molecule has 0 aliphatic heterocycles. The van der Waals surface area contributed by atoms with Crippen molar-refractivity contribution in [2.75, 3.05) is 47.5 Å². The summed E-state index contributed by atoms with van der Waals surface area (Å²) < 4.78 is 23.1. The molecule has 0 fully saturated rings.